The molecule has 2 unspecified atom stereocenters. The summed E-state index contributed by atoms with van der Waals surface area (Å²) in [6.45, 7) is 0.897. The van der Waals surface area contributed by atoms with Crippen molar-refractivity contribution in [3.05, 3.63) is 57.8 Å². The van der Waals surface area contributed by atoms with Crippen LogP contribution in [0, 0.1) is 23.7 Å². The Balaban J connectivity index is 2.10. The van der Waals surface area contributed by atoms with Gasteiger partial charge in [0.2, 0.25) is 0 Å². The van der Waals surface area contributed by atoms with Crippen molar-refractivity contribution in [1.29, 1.82) is 0 Å². The number of thiophene rings is 1. The molecule has 9 heteroatoms. The van der Waals surface area contributed by atoms with Crippen molar-refractivity contribution in [2.24, 2.45) is 5.73 Å². The number of hydrogen-bond donors (Lipinski definition) is 4. The van der Waals surface area contributed by atoms with Crippen molar-refractivity contribution in [3.63, 3.8) is 0 Å². The van der Waals surface area contributed by atoms with Gasteiger partial charge in [0.1, 0.15) is 11.6 Å². The van der Waals surface area contributed by atoms with Crippen molar-refractivity contribution in [2.45, 2.75) is 24.9 Å². The SMILES string of the molecule is CC(N)(C(F)F)C(NC(=O)c1ccc(C#CC#Cc2cccs2)cc1)C(=O)NO. The van der Waals surface area contributed by atoms with Crippen LogP contribution >= 0.6 is 11.3 Å². The number of rotatable bonds is 5. The number of carbonyl (C=O) groups excluding carboxylic acids is 2. The van der Waals surface area contributed by atoms with Crippen LogP contribution in [0.5, 0.6) is 0 Å². The fourth-order valence-corrected chi connectivity index (χ4v) is 2.73. The molecular formula is C20H17F2N3O3S. The van der Waals surface area contributed by atoms with Crippen molar-refractivity contribution < 1.29 is 23.6 Å². The highest BCUT2D eigenvalue weighted by Crippen LogP contribution is 2.18. The lowest BCUT2D eigenvalue weighted by molar-refractivity contribution is -0.134. The van der Waals surface area contributed by atoms with E-state index >= 15 is 0 Å². The first-order valence-electron chi connectivity index (χ1n) is 8.23. The molecule has 0 saturated heterocycles. The van der Waals surface area contributed by atoms with E-state index in [1.54, 1.807) is 12.1 Å². The van der Waals surface area contributed by atoms with Gasteiger partial charge >= 0.3 is 0 Å². The second-order valence-corrected chi connectivity index (χ2v) is 7.05. The molecule has 0 saturated carbocycles. The summed E-state index contributed by atoms with van der Waals surface area (Å²) in [5, 5.41) is 12.8. The Kier molecular flexibility index (Phi) is 7.46. The average Bonchev–Trinajstić information content (AvgIpc) is 3.22. The van der Waals surface area contributed by atoms with Crippen LogP contribution in [-0.4, -0.2) is 35.0 Å². The fourth-order valence-electron chi connectivity index (χ4n) is 2.16. The minimum atomic E-state index is -3.13. The number of hydrogen-bond acceptors (Lipinski definition) is 5. The van der Waals surface area contributed by atoms with E-state index in [0.717, 1.165) is 11.8 Å². The second-order valence-electron chi connectivity index (χ2n) is 6.10. The lowest BCUT2D eigenvalue weighted by Gasteiger charge is -2.32. The van der Waals surface area contributed by atoms with Crippen LogP contribution < -0.4 is 16.5 Å². The maximum Gasteiger partial charge on any atom is 0.268 e. The topological polar surface area (TPSA) is 104 Å². The second kappa shape index (κ2) is 9.80. The van der Waals surface area contributed by atoms with Gasteiger partial charge in [-0.25, -0.2) is 14.3 Å². The Morgan fingerprint density at radius 1 is 1.17 bits per heavy atom. The zero-order valence-electron chi connectivity index (χ0n) is 15.2. The third-order valence-electron chi connectivity index (χ3n) is 3.86. The molecule has 6 nitrogen and oxygen atoms in total. The van der Waals surface area contributed by atoms with E-state index < -0.39 is 29.8 Å². The lowest BCUT2D eigenvalue weighted by Crippen LogP contribution is -2.66. The van der Waals surface area contributed by atoms with Crippen LogP contribution in [0.3, 0.4) is 0 Å². The molecule has 0 spiro atoms. The minimum absolute atomic E-state index is 0.0982. The van der Waals surface area contributed by atoms with E-state index in [1.165, 1.54) is 28.9 Å². The highest BCUT2D eigenvalue weighted by Gasteiger charge is 2.44. The number of alkyl halides is 2. The molecule has 1 aromatic heterocycles. The Hall–Kier alpha value is -3.24. The number of benzene rings is 1. The summed E-state index contributed by atoms with van der Waals surface area (Å²) >= 11 is 1.50. The van der Waals surface area contributed by atoms with Gasteiger partial charge in [-0.05, 0) is 60.4 Å². The number of hydroxylamine groups is 1. The van der Waals surface area contributed by atoms with E-state index in [-0.39, 0.29) is 5.56 Å². The van der Waals surface area contributed by atoms with Gasteiger partial charge in [0.15, 0.2) is 0 Å². The number of carbonyl (C=O) groups is 2. The number of nitrogens with two attached hydrogens (primary N) is 1. The molecule has 0 aliphatic carbocycles. The molecule has 150 valence electrons. The Bertz CT molecular complexity index is 982. The van der Waals surface area contributed by atoms with Gasteiger partial charge in [-0.15, -0.1) is 11.3 Å². The summed E-state index contributed by atoms with van der Waals surface area (Å²) in [4.78, 5) is 24.9. The molecule has 0 bridgehead atoms. The summed E-state index contributed by atoms with van der Waals surface area (Å²) < 4.78 is 26.3. The quantitative estimate of drug-likeness (QED) is 0.338. The van der Waals surface area contributed by atoms with Crippen LogP contribution in [-0.2, 0) is 4.79 Å². The number of halogens is 2. The van der Waals surface area contributed by atoms with Gasteiger partial charge in [0.05, 0.1) is 4.88 Å². The van der Waals surface area contributed by atoms with Crippen LogP contribution in [0.1, 0.15) is 27.7 Å². The van der Waals surface area contributed by atoms with E-state index in [1.807, 2.05) is 17.5 Å². The lowest BCUT2D eigenvalue weighted by atomic mass is 9.92. The predicted octanol–water partition coefficient (Wildman–Crippen LogP) is 1.74. The molecule has 0 radical (unpaired) electrons. The molecule has 1 aromatic carbocycles. The Morgan fingerprint density at radius 3 is 2.38 bits per heavy atom. The maximum absolute atomic E-state index is 13.1. The van der Waals surface area contributed by atoms with Crippen molar-refractivity contribution in [3.8, 4) is 23.7 Å². The standard InChI is InChI=1S/C20H17F2N3O3S/c1-20(23,19(21)22)16(18(27)25-28)24-17(26)14-10-8-13(9-11-14)5-2-3-6-15-7-4-12-29-15/h4,7-12,16,19,28H,23H2,1H3,(H,24,26)(H,25,27). The predicted molar refractivity (Wildman–Crippen MR) is 104 cm³/mol. The molecule has 2 rings (SSSR count). The summed E-state index contributed by atoms with van der Waals surface area (Å²) in [7, 11) is 0. The zero-order chi connectivity index (χ0) is 21.4. The number of amides is 2. The van der Waals surface area contributed by atoms with Gasteiger partial charge < -0.3 is 11.1 Å². The fraction of sp³-hybridized carbons (Fsp3) is 0.200. The van der Waals surface area contributed by atoms with Gasteiger partial charge in [0, 0.05) is 11.1 Å². The molecule has 2 amide bonds. The first-order chi connectivity index (χ1) is 13.8. The minimum Gasteiger partial charge on any atom is -0.338 e. The first kappa shape index (κ1) is 22.1. The van der Waals surface area contributed by atoms with Gasteiger partial charge in [-0.1, -0.05) is 12.0 Å². The molecule has 29 heavy (non-hydrogen) atoms. The molecule has 5 N–H and O–H groups in total. The summed E-state index contributed by atoms with van der Waals surface area (Å²) in [6.07, 6.45) is -3.13. The maximum atomic E-state index is 13.1. The molecular weight excluding hydrogens is 400 g/mol. The molecule has 0 aliphatic heterocycles. The van der Waals surface area contributed by atoms with Crippen LogP contribution in [0.15, 0.2) is 41.8 Å². The van der Waals surface area contributed by atoms with Crippen LogP contribution in [0.4, 0.5) is 8.78 Å². The zero-order valence-corrected chi connectivity index (χ0v) is 16.0. The molecule has 2 atom stereocenters. The van der Waals surface area contributed by atoms with Crippen molar-refractivity contribution in [1.82, 2.24) is 10.8 Å². The van der Waals surface area contributed by atoms with E-state index in [4.69, 9.17) is 10.9 Å². The highest BCUT2D eigenvalue weighted by molar-refractivity contribution is 7.10. The van der Waals surface area contributed by atoms with Crippen LogP contribution in [0.25, 0.3) is 0 Å². The molecule has 1 heterocycles. The normalized spacial score (nSPS) is 13.2. The van der Waals surface area contributed by atoms with E-state index in [2.05, 4.69) is 29.0 Å². The highest BCUT2D eigenvalue weighted by atomic mass is 32.1. The molecule has 2 aromatic rings. The third kappa shape index (κ3) is 5.87. The number of nitrogens with one attached hydrogen (secondary N) is 2. The third-order valence-corrected chi connectivity index (χ3v) is 4.65. The van der Waals surface area contributed by atoms with E-state index in [0.29, 0.717) is 5.56 Å². The van der Waals surface area contributed by atoms with Gasteiger partial charge in [-0.2, -0.15) is 0 Å². The average molecular weight is 417 g/mol. The summed E-state index contributed by atoms with van der Waals surface area (Å²) in [6, 6.07) is 7.82. The van der Waals surface area contributed by atoms with E-state index in [9.17, 15) is 18.4 Å². The first-order valence-corrected chi connectivity index (χ1v) is 9.11. The van der Waals surface area contributed by atoms with Gasteiger partial charge in [0.25, 0.3) is 18.2 Å². The Labute approximate surface area is 170 Å². The molecule has 0 fully saturated rings. The summed E-state index contributed by atoms with van der Waals surface area (Å²) in [5.41, 5.74) is 4.99. The molecule has 0 aliphatic rings. The van der Waals surface area contributed by atoms with Crippen LogP contribution in [0.2, 0.25) is 0 Å². The monoisotopic (exact) mass is 417 g/mol. The largest absolute Gasteiger partial charge is 0.338 e. The smallest absolute Gasteiger partial charge is 0.268 e. The Morgan fingerprint density at radius 2 is 1.83 bits per heavy atom. The van der Waals surface area contributed by atoms with Crippen molar-refractivity contribution >= 4 is 23.2 Å². The summed E-state index contributed by atoms with van der Waals surface area (Å²) in [5.74, 6) is 9.04. The van der Waals surface area contributed by atoms with Gasteiger partial charge in [-0.3, -0.25) is 14.8 Å². The van der Waals surface area contributed by atoms with Crippen molar-refractivity contribution in [2.75, 3.05) is 0 Å².